The van der Waals surface area contributed by atoms with Gasteiger partial charge in [0.2, 0.25) is 5.88 Å². The van der Waals surface area contributed by atoms with Crippen molar-refractivity contribution in [1.82, 2.24) is 15.1 Å². The minimum atomic E-state index is -0.748. The number of aryl methyl sites for hydroxylation is 2. The first-order valence-corrected chi connectivity index (χ1v) is 5.73. The molecule has 0 bridgehead atoms. The highest BCUT2D eigenvalue weighted by molar-refractivity contribution is 5.79. The summed E-state index contributed by atoms with van der Waals surface area (Å²) in [5.41, 5.74) is 1.07. The standard InChI is InChI=1S/C12H21N3O3/c1-8-9(10(17-5)15(4)14-8)7-13-12(2,3)11(16)18-6/h13H,7H2,1-6H3. The maximum Gasteiger partial charge on any atom is 0.325 e. The normalized spacial score (nSPS) is 11.4. The Kier molecular flexibility index (Phi) is 4.34. The van der Waals surface area contributed by atoms with Crippen LogP contribution in [-0.2, 0) is 23.1 Å². The van der Waals surface area contributed by atoms with Crippen LogP contribution in [0.4, 0.5) is 0 Å². The van der Waals surface area contributed by atoms with Gasteiger partial charge in [0, 0.05) is 13.6 Å². The van der Waals surface area contributed by atoms with E-state index in [-0.39, 0.29) is 5.97 Å². The monoisotopic (exact) mass is 255 g/mol. The van der Waals surface area contributed by atoms with Crippen LogP contribution in [0.25, 0.3) is 0 Å². The molecule has 0 aliphatic rings. The number of methoxy groups -OCH3 is 2. The fraction of sp³-hybridized carbons (Fsp3) is 0.667. The van der Waals surface area contributed by atoms with Crippen LogP contribution in [0.15, 0.2) is 0 Å². The second-order valence-electron chi connectivity index (χ2n) is 4.67. The molecule has 0 radical (unpaired) electrons. The van der Waals surface area contributed by atoms with E-state index in [2.05, 4.69) is 10.4 Å². The van der Waals surface area contributed by atoms with Crippen molar-refractivity contribution in [2.45, 2.75) is 32.9 Å². The summed E-state index contributed by atoms with van der Waals surface area (Å²) in [6, 6.07) is 0. The summed E-state index contributed by atoms with van der Waals surface area (Å²) in [6.07, 6.45) is 0. The van der Waals surface area contributed by atoms with Crippen molar-refractivity contribution in [2.24, 2.45) is 7.05 Å². The van der Waals surface area contributed by atoms with Gasteiger partial charge in [-0.2, -0.15) is 5.10 Å². The van der Waals surface area contributed by atoms with Gasteiger partial charge in [-0.25, -0.2) is 4.68 Å². The van der Waals surface area contributed by atoms with E-state index >= 15 is 0 Å². The molecule has 102 valence electrons. The number of nitrogens with zero attached hydrogens (tertiary/aromatic N) is 2. The molecular weight excluding hydrogens is 234 g/mol. The summed E-state index contributed by atoms with van der Waals surface area (Å²) in [5.74, 6) is 0.392. The van der Waals surface area contributed by atoms with Gasteiger partial charge in [0.1, 0.15) is 5.54 Å². The first kappa shape index (κ1) is 14.5. The fourth-order valence-corrected chi connectivity index (χ4v) is 1.78. The summed E-state index contributed by atoms with van der Waals surface area (Å²) in [7, 11) is 4.80. The number of hydrogen-bond donors (Lipinski definition) is 1. The SMILES string of the molecule is COC(=O)C(C)(C)NCc1c(C)nn(C)c1OC. The molecule has 0 fully saturated rings. The molecule has 18 heavy (non-hydrogen) atoms. The quantitative estimate of drug-likeness (QED) is 0.788. The third-order valence-electron chi connectivity index (χ3n) is 2.88. The highest BCUT2D eigenvalue weighted by Gasteiger charge is 2.28. The van der Waals surface area contributed by atoms with Crippen molar-refractivity contribution in [2.75, 3.05) is 14.2 Å². The molecule has 6 heteroatoms. The predicted octanol–water partition coefficient (Wildman–Crippen LogP) is 0.778. The van der Waals surface area contributed by atoms with E-state index in [9.17, 15) is 4.79 Å². The van der Waals surface area contributed by atoms with Crippen molar-refractivity contribution in [1.29, 1.82) is 0 Å². The fourth-order valence-electron chi connectivity index (χ4n) is 1.78. The molecule has 1 heterocycles. The second-order valence-corrected chi connectivity index (χ2v) is 4.67. The Bertz CT molecular complexity index is 438. The van der Waals surface area contributed by atoms with E-state index in [1.165, 1.54) is 7.11 Å². The summed E-state index contributed by atoms with van der Waals surface area (Å²) in [4.78, 5) is 11.6. The van der Waals surface area contributed by atoms with Gasteiger partial charge in [0.05, 0.1) is 25.5 Å². The zero-order valence-electron chi connectivity index (χ0n) is 11.8. The molecular formula is C12H21N3O3. The Morgan fingerprint density at radius 3 is 2.56 bits per heavy atom. The number of ether oxygens (including phenoxy) is 2. The molecule has 6 nitrogen and oxygen atoms in total. The Hall–Kier alpha value is -1.56. The lowest BCUT2D eigenvalue weighted by Gasteiger charge is -2.23. The summed E-state index contributed by atoms with van der Waals surface area (Å²) >= 11 is 0. The molecule has 1 N–H and O–H groups in total. The lowest BCUT2D eigenvalue weighted by atomic mass is 10.1. The summed E-state index contributed by atoms with van der Waals surface area (Å²) in [6.45, 7) is 5.95. The molecule has 0 unspecified atom stereocenters. The van der Waals surface area contributed by atoms with Crippen molar-refractivity contribution >= 4 is 5.97 Å². The van der Waals surface area contributed by atoms with Gasteiger partial charge in [0.25, 0.3) is 0 Å². The minimum absolute atomic E-state index is 0.303. The van der Waals surface area contributed by atoms with Crippen molar-refractivity contribution in [3.63, 3.8) is 0 Å². The molecule has 0 spiro atoms. The number of nitrogens with one attached hydrogen (secondary N) is 1. The van der Waals surface area contributed by atoms with Gasteiger partial charge >= 0.3 is 5.97 Å². The molecule has 0 aliphatic carbocycles. The van der Waals surface area contributed by atoms with Gasteiger partial charge in [-0.15, -0.1) is 0 Å². The van der Waals surface area contributed by atoms with E-state index in [4.69, 9.17) is 9.47 Å². The topological polar surface area (TPSA) is 65.4 Å². The van der Waals surface area contributed by atoms with Crippen LogP contribution in [0, 0.1) is 6.92 Å². The van der Waals surface area contributed by atoms with E-state index in [0.29, 0.717) is 12.4 Å². The lowest BCUT2D eigenvalue weighted by Crippen LogP contribution is -2.47. The van der Waals surface area contributed by atoms with Crippen LogP contribution in [0.2, 0.25) is 0 Å². The maximum atomic E-state index is 11.6. The molecule has 1 aromatic rings. The third kappa shape index (κ3) is 2.81. The average Bonchev–Trinajstić information content (AvgIpc) is 2.59. The smallest absolute Gasteiger partial charge is 0.325 e. The molecule has 1 rings (SSSR count). The number of aromatic nitrogens is 2. The van der Waals surface area contributed by atoms with Crippen LogP contribution >= 0.6 is 0 Å². The van der Waals surface area contributed by atoms with Crippen LogP contribution in [0.3, 0.4) is 0 Å². The summed E-state index contributed by atoms with van der Waals surface area (Å²) in [5, 5.41) is 7.43. The number of hydrogen-bond acceptors (Lipinski definition) is 5. The molecule has 1 aromatic heterocycles. The first-order chi connectivity index (χ1) is 8.33. The Labute approximate surface area is 107 Å². The van der Waals surface area contributed by atoms with Gasteiger partial charge in [-0.3, -0.25) is 10.1 Å². The highest BCUT2D eigenvalue weighted by Crippen LogP contribution is 2.21. The largest absolute Gasteiger partial charge is 0.481 e. The van der Waals surface area contributed by atoms with Crippen molar-refractivity contribution in [3.05, 3.63) is 11.3 Å². The van der Waals surface area contributed by atoms with Gasteiger partial charge in [-0.05, 0) is 20.8 Å². The molecule has 0 saturated carbocycles. The van der Waals surface area contributed by atoms with E-state index in [1.807, 2.05) is 14.0 Å². The Balaban J connectivity index is 2.84. The van der Waals surface area contributed by atoms with Crippen molar-refractivity contribution < 1.29 is 14.3 Å². The number of rotatable bonds is 5. The van der Waals surface area contributed by atoms with Crippen LogP contribution < -0.4 is 10.1 Å². The van der Waals surface area contributed by atoms with E-state index in [0.717, 1.165) is 11.3 Å². The van der Waals surface area contributed by atoms with Gasteiger partial charge in [-0.1, -0.05) is 0 Å². The highest BCUT2D eigenvalue weighted by atomic mass is 16.5. The molecule has 0 atom stereocenters. The lowest BCUT2D eigenvalue weighted by molar-refractivity contribution is -0.147. The number of carbonyl (C=O) groups is 1. The average molecular weight is 255 g/mol. The van der Waals surface area contributed by atoms with Crippen LogP contribution in [-0.4, -0.2) is 35.5 Å². The van der Waals surface area contributed by atoms with E-state index in [1.54, 1.807) is 25.6 Å². The first-order valence-electron chi connectivity index (χ1n) is 5.73. The van der Waals surface area contributed by atoms with Gasteiger partial charge in [0.15, 0.2) is 0 Å². The van der Waals surface area contributed by atoms with Crippen molar-refractivity contribution in [3.8, 4) is 5.88 Å². The second kappa shape index (κ2) is 5.39. The zero-order chi connectivity index (χ0) is 13.9. The molecule has 0 aromatic carbocycles. The van der Waals surface area contributed by atoms with Gasteiger partial charge < -0.3 is 9.47 Å². The number of esters is 1. The Morgan fingerprint density at radius 1 is 1.44 bits per heavy atom. The predicted molar refractivity (Wildman–Crippen MR) is 67.4 cm³/mol. The van der Waals surface area contributed by atoms with Crippen LogP contribution in [0.5, 0.6) is 5.88 Å². The molecule has 0 saturated heterocycles. The van der Waals surface area contributed by atoms with E-state index < -0.39 is 5.54 Å². The molecule has 0 aliphatic heterocycles. The maximum absolute atomic E-state index is 11.6. The Morgan fingerprint density at radius 2 is 2.06 bits per heavy atom. The zero-order valence-corrected chi connectivity index (χ0v) is 11.8. The van der Waals surface area contributed by atoms with Crippen LogP contribution in [0.1, 0.15) is 25.1 Å². The third-order valence-corrected chi connectivity index (χ3v) is 2.88. The number of carbonyl (C=O) groups excluding carboxylic acids is 1. The minimum Gasteiger partial charge on any atom is -0.481 e. The molecule has 0 amide bonds. The summed E-state index contributed by atoms with van der Waals surface area (Å²) < 4.78 is 11.7.